The summed E-state index contributed by atoms with van der Waals surface area (Å²) in [6, 6.07) is 9.07. The van der Waals surface area contributed by atoms with Crippen molar-refractivity contribution in [2.24, 2.45) is 0 Å². The van der Waals surface area contributed by atoms with Gasteiger partial charge in [0, 0.05) is 23.8 Å². The van der Waals surface area contributed by atoms with E-state index in [1.165, 1.54) is 30.3 Å². The monoisotopic (exact) mass is 592 g/mol. The highest BCUT2D eigenvalue weighted by Gasteiger charge is 2.40. The van der Waals surface area contributed by atoms with Crippen LogP contribution in [0.2, 0.25) is 0 Å². The molecule has 1 atom stereocenters. The highest BCUT2D eigenvalue weighted by molar-refractivity contribution is 6.06. The fraction of sp³-hybridized carbons (Fsp3) is 0.387. The molecule has 0 bridgehead atoms. The lowest BCUT2D eigenvalue weighted by Crippen LogP contribution is -2.42. The van der Waals surface area contributed by atoms with Crippen molar-refractivity contribution in [2.75, 3.05) is 18.5 Å². The van der Waals surface area contributed by atoms with E-state index in [1.54, 1.807) is 6.92 Å². The summed E-state index contributed by atoms with van der Waals surface area (Å²) >= 11 is 0. The Balaban J connectivity index is 1.61. The molecule has 0 aromatic heterocycles. The van der Waals surface area contributed by atoms with Crippen LogP contribution >= 0.6 is 0 Å². The summed E-state index contributed by atoms with van der Waals surface area (Å²) in [6.07, 6.45) is -4.54. The number of ether oxygens (including phenoxy) is 2. The number of aliphatic hydroxyl groups is 1. The zero-order valence-corrected chi connectivity index (χ0v) is 23.7. The smallest absolute Gasteiger partial charge is 0.416 e. The molecular formula is C31H33F5N2O4. The van der Waals surface area contributed by atoms with E-state index < -0.39 is 40.9 Å². The van der Waals surface area contributed by atoms with Crippen LogP contribution in [0, 0.1) is 18.6 Å². The Kier molecular flexibility index (Phi) is 9.12. The van der Waals surface area contributed by atoms with E-state index in [4.69, 9.17) is 9.47 Å². The number of carbonyl (C=O) groups is 1. The number of halogens is 5. The predicted molar refractivity (Wildman–Crippen MR) is 148 cm³/mol. The van der Waals surface area contributed by atoms with Gasteiger partial charge in [-0.25, -0.2) is 8.78 Å². The normalized spacial score (nSPS) is 14.4. The largest absolute Gasteiger partial charge is 0.488 e. The number of anilines is 1. The average Bonchev–Trinajstić information content (AvgIpc) is 3.73. The molecule has 3 N–H and O–H groups in total. The number of hydrogen-bond acceptors (Lipinski definition) is 5. The molecule has 1 amide bonds. The molecule has 6 nitrogen and oxygen atoms in total. The van der Waals surface area contributed by atoms with Crippen molar-refractivity contribution < 1.29 is 41.3 Å². The molecule has 42 heavy (non-hydrogen) atoms. The first-order valence-electron chi connectivity index (χ1n) is 13.5. The molecule has 0 saturated heterocycles. The maximum atomic E-state index is 14.4. The van der Waals surface area contributed by atoms with E-state index in [2.05, 4.69) is 10.6 Å². The fourth-order valence-electron chi connectivity index (χ4n) is 4.24. The highest BCUT2D eigenvalue weighted by Crippen LogP contribution is 2.48. The Morgan fingerprint density at radius 3 is 2.33 bits per heavy atom. The van der Waals surface area contributed by atoms with Gasteiger partial charge in [0.1, 0.15) is 30.0 Å². The van der Waals surface area contributed by atoms with Crippen molar-refractivity contribution in [2.45, 2.75) is 64.3 Å². The Bertz CT molecular complexity index is 1450. The number of nitrogens with one attached hydrogen (secondary N) is 2. The molecule has 0 heterocycles. The highest BCUT2D eigenvalue weighted by atomic mass is 19.4. The van der Waals surface area contributed by atoms with Crippen LogP contribution < -0.4 is 20.1 Å². The molecule has 1 unspecified atom stereocenters. The van der Waals surface area contributed by atoms with E-state index in [0.717, 1.165) is 18.2 Å². The van der Waals surface area contributed by atoms with Gasteiger partial charge >= 0.3 is 6.18 Å². The van der Waals surface area contributed by atoms with Crippen molar-refractivity contribution in [1.29, 1.82) is 0 Å². The van der Waals surface area contributed by atoms with Gasteiger partial charge in [-0.3, -0.25) is 4.79 Å². The van der Waals surface area contributed by atoms with Crippen molar-refractivity contribution >= 4 is 11.6 Å². The van der Waals surface area contributed by atoms with E-state index >= 15 is 0 Å². The molecule has 1 aliphatic rings. The molecule has 4 rings (SSSR count). The lowest BCUT2D eigenvalue weighted by Gasteiger charge is -2.23. The number of rotatable bonds is 10. The number of carbonyl (C=O) groups excluding carboxylic acids is 1. The maximum Gasteiger partial charge on any atom is 0.416 e. The topological polar surface area (TPSA) is 79.8 Å². The zero-order chi connectivity index (χ0) is 30.8. The van der Waals surface area contributed by atoms with Gasteiger partial charge in [0.2, 0.25) is 0 Å². The summed E-state index contributed by atoms with van der Waals surface area (Å²) in [4.78, 5) is 13.4. The van der Waals surface area contributed by atoms with Gasteiger partial charge in [-0.15, -0.1) is 0 Å². The summed E-state index contributed by atoms with van der Waals surface area (Å²) in [5, 5.41) is 15.7. The van der Waals surface area contributed by atoms with E-state index in [0.29, 0.717) is 18.4 Å². The number of aliphatic hydroxyl groups excluding tert-OH is 1. The number of amides is 1. The molecule has 0 radical (unpaired) electrons. The molecule has 3 aromatic carbocycles. The van der Waals surface area contributed by atoms with Gasteiger partial charge in [0.05, 0.1) is 11.1 Å². The van der Waals surface area contributed by atoms with Crippen molar-refractivity contribution in [3.63, 3.8) is 0 Å². The third-order valence-electron chi connectivity index (χ3n) is 6.56. The average molecular weight is 593 g/mol. The second-order valence-corrected chi connectivity index (χ2v) is 11.4. The minimum Gasteiger partial charge on any atom is -0.488 e. The Labute approximate surface area is 240 Å². The number of β-amino-alcohol motifs (C(OH)–C–C–N with tert-alkyl or cyclic N) is 1. The summed E-state index contributed by atoms with van der Waals surface area (Å²) in [5.74, 6) is -2.76. The fourth-order valence-corrected chi connectivity index (χ4v) is 4.24. The van der Waals surface area contributed by atoms with Crippen LogP contribution in [0.4, 0.5) is 27.6 Å². The summed E-state index contributed by atoms with van der Waals surface area (Å²) in [5.41, 5.74) is -1.16. The SMILES string of the molecule is Cc1cc(F)ccc1Oc1cc(C2CC2)c(C(F)(F)F)cc1C(=O)Nc1ccc(F)c(OCC(O)CNC(C)(C)C)c1. The third-order valence-corrected chi connectivity index (χ3v) is 6.56. The lowest BCUT2D eigenvalue weighted by atomic mass is 9.98. The minimum absolute atomic E-state index is 0.0193. The van der Waals surface area contributed by atoms with Crippen LogP contribution in [0.15, 0.2) is 48.5 Å². The molecule has 0 spiro atoms. The van der Waals surface area contributed by atoms with Gasteiger partial charge in [0.15, 0.2) is 11.6 Å². The summed E-state index contributed by atoms with van der Waals surface area (Å²) < 4.78 is 81.5. The van der Waals surface area contributed by atoms with Crippen molar-refractivity contribution in [1.82, 2.24) is 5.32 Å². The molecule has 3 aromatic rings. The van der Waals surface area contributed by atoms with Crippen LogP contribution in [-0.4, -0.2) is 35.8 Å². The molecule has 1 fully saturated rings. The zero-order valence-electron chi connectivity index (χ0n) is 23.7. The van der Waals surface area contributed by atoms with Gasteiger partial charge in [-0.05, 0) is 100 Å². The van der Waals surface area contributed by atoms with Crippen LogP contribution in [0.3, 0.4) is 0 Å². The first-order valence-corrected chi connectivity index (χ1v) is 13.5. The van der Waals surface area contributed by atoms with Gasteiger partial charge in [-0.1, -0.05) is 0 Å². The maximum absolute atomic E-state index is 14.4. The number of aryl methyl sites for hydroxylation is 1. The van der Waals surface area contributed by atoms with Crippen LogP contribution in [0.25, 0.3) is 0 Å². The number of alkyl halides is 3. The van der Waals surface area contributed by atoms with E-state index in [1.807, 2.05) is 20.8 Å². The first-order chi connectivity index (χ1) is 19.6. The van der Waals surface area contributed by atoms with Crippen molar-refractivity contribution in [3.05, 3.63) is 82.4 Å². The van der Waals surface area contributed by atoms with Crippen molar-refractivity contribution in [3.8, 4) is 17.2 Å². The van der Waals surface area contributed by atoms with Gasteiger partial charge < -0.3 is 25.2 Å². The van der Waals surface area contributed by atoms with Gasteiger partial charge in [0.25, 0.3) is 5.91 Å². The quantitative estimate of drug-likeness (QED) is 0.215. The van der Waals surface area contributed by atoms with Crippen LogP contribution in [0.1, 0.15) is 66.6 Å². The first kappa shape index (κ1) is 31.2. The molecule has 11 heteroatoms. The molecule has 1 aliphatic carbocycles. The molecule has 0 aliphatic heterocycles. The number of benzene rings is 3. The van der Waals surface area contributed by atoms with E-state index in [9.17, 15) is 31.9 Å². The molecular weight excluding hydrogens is 559 g/mol. The number of hydrogen-bond donors (Lipinski definition) is 3. The van der Waals surface area contributed by atoms with Gasteiger partial charge in [-0.2, -0.15) is 13.2 Å². The second kappa shape index (κ2) is 12.3. The van der Waals surface area contributed by atoms with Crippen LogP contribution in [-0.2, 0) is 6.18 Å². The second-order valence-electron chi connectivity index (χ2n) is 11.4. The Morgan fingerprint density at radius 2 is 1.71 bits per heavy atom. The summed E-state index contributed by atoms with van der Waals surface area (Å²) in [6.45, 7) is 7.27. The third kappa shape index (κ3) is 8.19. The molecule has 1 saturated carbocycles. The van der Waals surface area contributed by atoms with Crippen LogP contribution in [0.5, 0.6) is 17.2 Å². The minimum atomic E-state index is -4.73. The standard InChI is InChI=1S/C31H33F5N2O4/c1-17-11-19(32)7-10-26(17)42-27-14-22(18-5-6-18)24(31(34,35)36)13-23(27)29(40)38-20-8-9-25(33)28(12-20)41-16-21(39)15-37-30(2,3)4/h7-14,18,21,37,39H,5-6,15-16H2,1-4H3,(H,38,40). The molecule has 226 valence electrons. The lowest BCUT2D eigenvalue weighted by molar-refractivity contribution is -0.138. The summed E-state index contributed by atoms with van der Waals surface area (Å²) in [7, 11) is 0. The Morgan fingerprint density at radius 1 is 1.00 bits per heavy atom. The Hall–Kier alpha value is -3.70. The van der Waals surface area contributed by atoms with E-state index in [-0.39, 0.29) is 53.1 Å². The predicted octanol–water partition coefficient (Wildman–Crippen LogP) is 7.34.